The molecular formula is C17H19ClFN3O2S. The van der Waals surface area contributed by atoms with Gasteiger partial charge in [-0.15, -0.1) is 11.3 Å². The molecule has 3 N–H and O–H groups in total. The summed E-state index contributed by atoms with van der Waals surface area (Å²) in [5.74, 6) is -0.694. The molecule has 25 heavy (non-hydrogen) atoms. The second-order valence-electron chi connectivity index (χ2n) is 4.91. The maximum Gasteiger partial charge on any atom is 0.282 e. The molecular weight excluding hydrogens is 365 g/mol. The number of amidine groups is 1. The molecule has 0 bridgehead atoms. The Kier molecular flexibility index (Phi) is 6.78. The molecule has 2 heterocycles. The zero-order valence-electron chi connectivity index (χ0n) is 13.9. The number of carbonyl (C=O) groups is 1. The highest BCUT2D eigenvalue weighted by Gasteiger charge is 2.20. The second kappa shape index (κ2) is 8.82. The Bertz CT molecular complexity index is 779. The maximum atomic E-state index is 14.1. The maximum absolute atomic E-state index is 14.1. The molecule has 134 valence electrons. The Morgan fingerprint density at radius 2 is 2.16 bits per heavy atom. The lowest BCUT2D eigenvalue weighted by Gasteiger charge is -2.20. The minimum Gasteiger partial charge on any atom is -0.465 e. The number of hydrogen-bond acceptors (Lipinski definition) is 5. The van der Waals surface area contributed by atoms with Crippen LogP contribution in [0.1, 0.15) is 41.5 Å². The SMILES string of the molecule is CC.NC1=NC(c2cc(NC(=O)c3ccc(Cl)s3)ccc2F)CCO1. The van der Waals surface area contributed by atoms with Gasteiger partial charge in [0, 0.05) is 17.7 Å². The predicted molar refractivity (Wildman–Crippen MR) is 100.0 cm³/mol. The van der Waals surface area contributed by atoms with E-state index in [4.69, 9.17) is 22.1 Å². The molecule has 1 amide bonds. The molecule has 1 unspecified atom stereocenters. The normalized spacial score (nSPS) is 16.2. The quantitative estimate of drug-likeness (QED) is 0.813. The Balaban J connectivity index is 0.00000109. The summed E-state index contributed by atoms with van der Waals surface area (Å²) in [6.07, 6.45) is 0.523. The average Bonchev–Trinajstić information content (AvgIpc) is 3.05. The fourth-order valence-corrected chi connectivity index (χ4v) is 3.20. The van der Waals surface area contributed by atoms with E-state index < -0.39 is 11.9 Å². The van der Waals surface area contributed by atoms with E-state index in [0.717, 1.165) is 0 Å². The molecule has 0 aliphatic carbocycles. The van der Waals surface area contributed by atoms with Gasteiger partial charge in [0.05, 0.1) is 21.9 Å². The molecule has 0 saturated heterocycles. The van der Waals surface area contributed by atoms with Crippen LogP contribution >= 0.6 is 22.9 Å². The molecule has 8 heteroatoms. The Labute approximate surface area is 154 Å². The molecule has 0 saturated carbocycles. The van der Waals surface area contributed by atoms with E-state index in [2.05, 4.69) is 10.3 Å². The number of nitrogens with two attached hydrogens (primary N) is 1. The smallest absolute Gasteiger partial charge is 0.282 e. The number of anilines is 1. The average molecular weight is 384 g/mol. The monoisotopic (exact) mass is 383 g/mol. The number of carbonyl (C=O) groups excluding carboxylic acids is 1. The summed E-state index contributed by atoms with van der Waals surface area (Å²) in [5, 5.41) is 2.72. The minimum absolute atomic E-state index is 0.0447. The third kappa shape index (κ3) is 4.93. The van der Waals surface area contributed by atoms with Gasteiger partial charge in [0.2, 0.25) is 0 Å². The van der Waals surface area contributed by atoms with E-state index in [1.807, 2.05) is 13.8 Å². The van der Waals surface area contributed by atoms with Crippen molar-refractivity contribution in [1.29, 1.82) is 0 Å². The first-order chi connectivity index (χ1) is 12.0. The Hall–Kier alpha value is -2.12. The lowest BCUT2D eigenvalue weighted by molar-refractivity contribution is 0.103. The van der Waals surface area contributed by atoms with E-state index in [0.29, 0.717) is 33.5 Å². The highest BCUT2D eigenvalue weighted by atomic mass is 35.5. The van der Waals surface area contributed by atoms with E-state index in [1.54, 1.807) is 18.2 Å². The predicted octanol–water partition coefficient (Wildman–Crippen LogP) is 4.60. The summed E-state index contributed by atoms with van der Waals surface area (Å²) in [6.45, 7) is 4.38. The van der Waals surface area contributed by atoms with Crippen molar-refractivity contribution < 1.29 is 13.9 Å². The summed E-state index contributed by atoms with van der Waals surface area (Å²) < 4.78 is 19.6. The van der Waals surface area contributed by atoms with Gasteiger partial charge < -0.3 is 15.8 Å². The molecule has 3 rings (SSSR count). The van der Waals surface area contributed by atoms with Crippen molar-refractivity contribution in [2.75, 3.05) is 11.9 Å². The third-order valence-electron chi connectivity index (χ3n) is 3.33. The van der Waals surface area contributed by atoms with Gasteiger partial charge in [-0.2, -0.15) is 0 Å². The largest absolute Gasteiger partial charge is 0.465 e. The van der Waals surface area contributed by atoms with Gasteiger partial charge in [-0.1, -0.05) is 25.4 Å². The first-order valence-electron chi connectivity index (χ1n) is 7.85. The number of nitrogens with zero attached hydrogens (tertiary/aromatic N) is 1. The zero-order valence-corrected chi connectivity index (χ0v) is 15.5. The van der Waals surface area contributed by atoms with Crippen LogP contribution in [0.4, 0.5) is 10.1 Å². The Morgan fingerprint density at radius 3 is 2.80 bits per heavy atom. The van der Waals surface area contributed by atoms with Gasteiger partial charge in [-0.25, -0.2) is 9.38 Å². The van der Waals surface area contributed by atoms with Crippen LogP contribution in [-0.2, 0) is 4.74 Å². The van der Waals surface area contributed by atoms with Crippen LogP contribution in [0.25, 0.3) is 0 Å². The van der Waals surface area contributed by atoms with E-state index in [1.165, 1.54) is 23.5 Å². The van der Waals surface area contributed by atoms with Crippen LogP contribution in [-0.4, -0.2) is 18.5 Å². The van der Waals surface area contributed by atoms with E-state index in [9.17, 15) is 9.18 Å². The van der Waals surface area contributed by atoms with Crippen molar-refractivity contribution >= 4 is 40.6 Å². The molecule has 1 aliphatic rings. The number of nitrogens with one attached hydrogen (secondary N) is 1. The van der Waals surface area contributed by atoms with Crippen LogP contribution in [0, 0.1) is 5.82 Å². The molecule has 0 fully saturated rings. The number of thiophene rings is 1. The van der Waals surface area contributed by atoms with Gasteiger partial charge >= 0.3 is 0 Å². The minimum atomic E-state index is -0.420. The van der Waals surface area contributed by atoms with Crippen molar-refractivity contribution in [1.82, 2.24) is 0 Å². The van der Waals surface area contributed by atoms with Crippen molar-refractivity contribution in [3.63, 3.8) is 0 Å². The van der Waals surface area contributed by atoms with E-state index >= 15 is 0 Å². The first-order valence-corrected chi connectivity index (χ1v) is 9.04. The van der Waals surface area contributed by atoms with Crippen molar-refractivity contribution in [2.24, 2.45) is 10.7 Å². The number of benzene rings is 1. The van der Waals surface area contributed by atoms with Crippen LogP contribution in [0.2, 0.25) is 4.34 Å². The number of aliphatic imine (C=N–C) groups is 1. The summed E-state index contributed by atoms with van der Waals surface area (Å²) >= 11 is 6.99. The standard InChI is InChI=1S/C15H13ClFN3O2S.C2H6/c16-13-4-3-12(23-13)14(21)19-8-1-2-10(17)9(7-8)11-5-6-22-15(18)20-11;1-2/h1-4,7,11H,5-6H2,(H2,18,20)(H,19,21);1-2H3. The molecule has 0 spiro atoms. The third-order valence-corrected chi connectivity index (χ3v) is 4.56. The fraction of sp³-hybridized carbons (Fsp3) is 0.294. The number of halogens is 2. The summed E-state index contributed by atoms with van der Waals surface area (Å²) in [5.41, 5.74) is 6.39. The van der Waals surface area contributed by atoms with E-state index in [-0.39, 0.29) is 11.9 Å². The zero-order chi connectivity index (χ0) is 18.4. The topological polar surface area (TPSA) is 76.7 Å². The number of hydrogen-bond donors (Lipinski definition) is 2. The van der Waals surface area contributed by atoms with Gasteiger partial charge in [0.1, 0.15) is 5.82 Å². The Morgan fingerprint density at radius 1 is 1.40 bits per heavy atom. The lowest BCUT2D eigenvalue weighted by atomic mass is 10.0. The van der Waals surface area contributed by atoms with Crippen molar-refractivity contribution in [3.05, 3.63) is 50.9 Å². The molecule has 1 aliphatic heterocycles. The highest BCUT2D eigenvalue weighted by molar-refractivity contribution is 7.18. The molecule has 1 atom stereocenters. The molecule has 2 aromatic rings. The lowest BCUT2D eigenvalue weighted by Crippen LogP contribution is -2.24. The molecule has 1 aromatic carbocycles. The first kappa shape index (κ1) is 19.2. The summed E-state index contributed by atoms with van der Waals surface area (Å²) in [6, 6.07) is 7.27. The number of rotatable bonds is 3. The van der Waals surface area contributed by atoms with Gasteiger partial charge in [0.25, 0.3) is 11.9 Å². The molecule has 5 nitrogen and oxygen atoms in total. The van der Waals surface area contributed by atoms with Crippen molar-refractivity contribution in [3.8, 4) is 0 Å². The second-order valence-corrected chi connectivity index (χ2v) is 6.63. The van der Waals surface area contributed by atoms with Crippen LogP contribution in [0.3, 0.4) is 0 Å². The van der Waals surface area contributed by atoms with Crippen LogP contribution < -0.4 is 11.1 Å². The molecule has 1 aromatic heterocycles. The van der Waals surface area contributed by atoms with Crippen LogP contribution in [0.15, 0.2) is 35.3 Å². The number of ether oxygens (including phenoxy) is 1. The molecule has 0 radical (unpaired) electrons. The fourth-order valence-electron chi connectivity index (χ4n) is 2.26. The van der Waals surface area contributed by atoms with Gasteiger partial charge in [-0.3, -0.25) is 4.79 Å². The summed E-state index contributed by atoms with van der Waals surface area (Å²) in [7, 11) is 0. The summed E-state index contributed by atoms with van der Waals surface area (Å²) in [4.78, 5) is 16.7. The van der Waals surface area contributed by atoms with Gasteiger partial charge in [0.15, 0.2) is 0 Å². The number of amides is 1. The van der Waals surface area contributed by atoms with Gasteiger partial charge in [-0.05, 0) is 30.3 Å². The van der Waals surface area contributed by atoms with Crippen molar-refractivity contribution in [2.45, 2.75) is 26.3 Å². The van der Waals surface area contributed by atoms with Crippen LogP contribution in [0.5, 0.6) is 0 Å². The highest BCUT2D eigenvalue weighted by Crippen LogP contribution is 2.29.